The van der Waals surface area contributed by atoms with Crippen LogP contribution in [0.1, 0.15) is 33.1 Å². The Labute approximate surface area is 304 Å². The third-order valence-electron chi connectivity index (χ3n) is 8.38. The fourth-order valence-corrected chi connectivity index (χ4v) is 6.12. The summed E-state index contributed by atoms with van der Waals surface area (Å²) in [6, 6.07) is 52.9. The van der Waals surface area contributed by atoms with E-state index in [-0.39, 0.29) is 31.8 Å². The van der Waals surface area contributed by atoms with Crippen LogP contribution in [0, 0.1) is 12.1 Å². The van der Waals surface area contributed by atoms with Crippen molar-refractivity contribution in [2.45, 2.75) is 12.0 Å². The van der Waals surface area contributed by atoms with E-state index in [0.29, 0.717) is 5.92 Å². The fraction of sp³-hybridized carbons (Fsp3) is 0.0455. The van der Waals surface area contributed by atoms with Crippen molar-refractivity contribution in [1.29, 1.82) is 0 Å². The van der Waals surface area contributed by atoms with Crippen molar-refractivity contribution in [3.8, 4) is 11.3 Å². The second kappa shape index (κ2) is 16.1. The number of hydrogen-bond donors (Lipinski definition) is 1. The SMILES string of the molecule is O=C(O)c1ccccn1.[Ir].[c-]1ccccc1-c1nc2ccccc2c2ccccc12.[c-]1ccccc1C1=NC2C=CC=CC2c2ccccc21. The molecule has 3 heterocycles. The largest absolute Gasteiger partial charge is 0.477 e. The first kappa shape index (κ1) is 34.1. The summed E-state index contributed by atoms with van der Waals surface area (Å²) in [6.07, 6.45) is 10.1. The third kappa shape index (κ3) is 7.42. The van der Waals surface area contributed by atoms with Crippen LogP contribution in [0.3, 0.4) is 0 Å². The Bertz CT molecular complexity index is 2320. The van der Waals surface area contributed by atoms with Crippen LogP contribution in [0.25, 0.3) is 32.9 Å². The van der Waals surface area contributed by atoms with Gasteiger partial charge in [0.1, 0.15) is 5.69 Å². The summed E-state index contributed by atoms with van der Waals surface area (Å²) in [5.74, 6) is -0.626. The first-order valence-electron chi connectivity index (χ1n) is 16.1. The zero-order valence-corrected chi connectivity index (χ0v) is 29.2. The topological polar surface area (TPSA) is 75.4 Å². The van der Waals surface area contributed by atoms with Gasteiger partial charge in [0.15, 0.2) is 0 Å². The van der Waals surface area contributed by atoms with Gasteiger partial charge >= 0.3 is 5.97 Å². The first-order chi connectivity index (χ1) is 24.2. The molecular formula is C44H31IrN3O2-2. The molecule has 0 saturated carbocycles. The van der Waals surface area contributed by atoms with Gasteiger partial charge in [0.25, 0.3) is 0 Å². The Kier molecular flexibility index (Phi) is 10.9. The van der Waals surface area contributed by atoms with Gasteiger partial charge in [0, 0.05) is 37.6 Å². The Balaban J connectivity index is 0.000000138. The smallest absolute Gasteiger partial charge is 0.354 e. The molecule has 245 valence electrons. The maximum absolute atomic E-state index is 10.1. The van der Waals surface area contributed by atoms with Crippen LogP contribution in [0.5, 0.6) is 0 Å². The molecule has 6 heteroatoms. The van der Waals surface area contributed by atoms with Gasteiger partial charge in [-0.1, -0.05) is 97.1 Å². The van der Waals surface area contributed by atoms with Gasteiger partial charge in [-0.25, -0.2) is 9.78 Å². The monoisotopic (exact) mass is 826 g/mol. The summed E-state index contributed by atoms with van der Waals surface area (Å²) in [5, 5.41) is 11.9. The van der Waals surface area contributed by atoms with E-state index in [4.69, 9.17) is 15.1 Å². The van der Waals surface area contributed by atoms with E-state index in [1.165, 1.54) is 39.5 Å². The molecule has 1 aliphatic carbocycles. The van der Waals surface area contributed by atoms with Gasteiger partial charge in [0.2, 0.25) is 0 Å². The second-order valence-electron chi connectivity index (χ2n) is 11.4. The van der Waals surface area contributed by atoms with Crippen LogP contribution < -0.4 is 0 Å². The van der Waals surface area contributed by atoms with Crippen LogP contribution in [0.15, 0.2) is 175 Å². The van der Waals surface area contributed by atoms with Crippen molar-refractivity contribution in [2.24, 2.45) is 4.99 Å². The molecule has 0 saturated heterocycles. The molecule has 0 bridgehead atoms. The molecule has 2 unspecified atom stereocenters. The average Bonchev–Trinajstić information content (AvgIpc) is 3.19. The van der Waals surface area contributed by atoms with Gasteiger partial charge in [0.05, 0.1) is 11.6 Å². The minimum Gasteiger partial charge on any atom is -0.477 e. The standard InChI is InChI=1S/C19H14N.C19H12N.C6H5NO2.Ir/c2*1-2-8-14(9-3-1)19-17-12-5-4-10-15(17)16-11-6-7-13-18(16)20-19;8-6(9)5-3-1-2-4-7-5;/h1-8,10-13,16,18H;1-8,10-13H;1-4H,(H,8,9);/q2*-1;;. The van der Waals surface area contributed by atoms with Crippen molar-refractivity contribution < 1.29 is 30.0 Å². The summed E-state index contributed by atoms with van der Waals surface area (Å²) in [6.45, 7) is 0. The number of rotatable bonds is 3. The summed E-state index contributed by atoms with van der Waals surface area (Å²) >= 11 is 0. The van der Waals surface area contributed by atoms with Crippen molar-refractivity contribution in [3.05, 3.63) is 205 Å². The van der Waals surface area contributed by atoms with Crippen molar-refractivity contribution in [1.82, 2.24) is 9.97 Å². The van der Waals surface area contributed by atoms with Gasteiger partial charge < -0.3 is 10.1 Å². The molecular weight excluding hydrogens is 795 g/mol. The van der Waals surface area contributed by atoms with E-state index in [9.17, 15) is 4.79 Å². The van der Waals surface area contributed by atoms with Crippen molar-refractivity contribution in [3.63, 3.8) is 0 Å². The summed E-state index contributed by atoms with van der Waals surface area (Å²) in [5.41, 5.74) is 7.87. The molecule has 1 aliphatic heterocycles. The zero-order chi connectivity index (χ0) is 33.4. The number of fused-ring (bicyclic) bond motifs is 6. The number of aromatic carboxylic acids is 1. The zero-order valence-electron chi connectivity index (χ0n) is 26.9. The van der Waals surface area contributed by atoms with Crippen molar-refractivity contribution >= 4 is 33.4 Å². The molecule has 5 aromatic carbocycles. The number of para-hydroxylation sites is 1. The van der Waals surface area contributed by atoms with Crippen LogP contribution in [0.4, 0.5) is 0 Å². The predicted octanol–water partition coefficient (Wildman–Crippen LogP) is 9.55. The quantitative estimate of drug-likeness (QED) is 0.142. The number of carbonyl (C=O) groups is 1. The number of carboxylic acids is 1. The summed E-state index contributed by atoms with van der Waals surface area (Å²) < 4.78 is 0. The molecule has 2 aromatic heterocycles. The molecule has 2 aliphatic rings. The second-order valence-corrected chi connectivity index (χ2v) is 11.4. The molecule has 1 N–H and O–H groups in total. The number of allylic oxidation sites excluding steroid dienone is 2. The van der Waals surface area contributed by atoms with Gasteiger partial charge in [-0.2, -0.15) is 0 Å². The molecule has 0 spiro atoms. The van der Waals surface area contributed by atoms with Gasteiger partial charge in [-0.05, 0) is 51.5 Å². The van der Waals surface area contributed by atoms with Crippen LogP contribution >= 0.6 is 0 Å². The van der Waals surface area contributed by atoms with Gasteiger partial charge in [-0.3, -0.25) is 4.98 Å². The van der Waals surface area contributed by atoms with Gasteiger partial charge in [-0.15, -0.1) is 71.8 Å². The minimum atomic E-state index is -0.990. The van der Waals surface area contributed by atoms with E-state index < -0.39 is 5.97 Å². The Morgan fingerprint density at radius 3 is 1.98 bits per heavy atom. The summed E-state index contributed by atoms with van der Waals surface area (Å²) in [7, 11) is 0. The minimum absolute atomic E-state index is 0. The number of aromatic nitrogens is 2. The molecule has 7 aromatic rings. The van der Waals surface area contributed by atoms with Crippen molar-refractivity contribution in [2.75, 3.05) is 0 Å². The number of carboxylic acid groups (broad SMARTS) is 1. The van der Waals surface area contributed by atoms with E-state index in [2.05, 4.69) is 120 Å². The molecule has 9 rings (SSSR count). The number of nitrogens with zero attached hydrogens (tertiary/aromatic N) is 3. The maximum Gasteiger partial charge on any atom is 0.354 e. The Morgan fingerprint density at radius 1 is 0.640 bits per heavy atom. The van der Waals surface area contributed by atoms with Crippen LogP contribution in [-0.2, 0) is 20.1 Å². The Morgan fingerprint density at radius 2 is 1.28 bits per heavy atom. The number of pyridine rings is 2. The van der Waals surface area contributed by atoms with E-state index in [1.54, 1.807) is 12.1 Å². The molecule has 50 heavy (non-hydrogen) atoms. The average molecular weight is 826 g/mol. The molecule has 5 nitrogen and oxygen atoms in total. The van der Waals surface area contributed by atoms with E-state index >= 15 is 0 Å². The van der Waals surface area contributed by atoms with Crippen LogP contribution in [-0.4, -0.2) is 32.8 Å². The molecule has 2 atom stereocenters. The molecule has 0 amide bonds. The molecule has 0 fully saturated rings. The Hall–Kier alpha value is -5.81. The maximum atomic E-state index is 10.1. The first-order valence-corrected chi connectivity index (χ1v) is 16.1. The van der Waals surface area contributed by atoms with E-state index in [1.807, 2.05) is 42.5 Å². The van der Waals surface area contributed by atoms with E-state index in [0.717, 1.165) is 28.0 Å². The summed E-state index contributed by atoms with van der Waals surface area (Å²) in [4.78, 5) is 23.5. The number of hydrogen-bond acceptors (Lipinski definition) is 4. The van der Waals surface area contributed by atoms with Crippen LogP contribution in [0.2, 0.25) is 0 Å². The third-order valence-corrected chi connectivity index (χ3v) is 8.38. The predicted molar refractivity (Wildman–Crippen MR) is 197 cm³/mol. The molecule has 1 radical (unpaired) electrons. The number of aliphatic imine (C=N–C) groups is 1. The number of benzene rings is 5. The normalized spacial score (nSPS) is 15.2. The fourth-order valence-electron chi connectivity index (χ4n) is 6.12.